The number of hydrogen-bond acceptors (Lipinski definition) is 3. The number of fused-ring (bicyclic) bond motifs is 3. The molecule has 0 saturated carbocycles. The lowest BCUT2D eigenvalue weighted by atomic mass is 9.65. The molecule has 2 aliphatic carbocycles. The predicted octanol–water partition coefficient (Wildman–Crippen LogP) is 5.13. The van der Waals surface area contributed by atoms with Crippen LogP contribution in [0.1, 0.15) is 54.8 Å². The number of amides is 1. The molecule has 1 saturated heterocycles. The summed E-state index contributed by atoms with van der Waals surface area (Å²) in [7, 11) is 3.36. The minimum absolute atomic E-state index is 0.0145. The average molecular weight is 389 g/mol. The van der Waals surface area contributed by atoms with Crippen LogP contribution in [0, 0.1) is 5.41 Å². The molecule has 1 aliphatic heterocycles. The molecule has 29 heavy (non-hydrogen) atoms. The molecule has 2 aromatic rings. The number of allylic oxidation sites excluding steroid dienone is 1. The number of methoxy groups -OCH3 is 2. The van der Waals surface area contributed by atoms with E-state index in [-0.39, 0.29) is 17.4 Å². The van der Waals surface area contributed by atoms with Gasteiger partial charge in [-0.3, -0.25) is 4.79 Å². The number of carbonyl (C=O) groups excluding carboxylic acids is 1. The lowest BCUT2D eigenvalue weighted by Crippen LogP contribution is -2.47. The molecule has 1 heterocycles. The molecular formula is C25H27NO3. The van der Waals surface area contributed by atoms with Crippen molar-refractivity contribution in [3.63, 3.8) is 0 Å². The molecule has 5 rings (SSSR count). The van der Waals surface area contributed by atoms with Gasteiger partial charge >= 0.3 is 0 Å². The fourth-order valence-corrected chi connectivity index (χ4v) is 5.76. The van der Waals surface area contributed by atoms with E-state index in [4.69, 9.17) is 9.47 Å². The van der Waals surface area contributed by atoms with E-state index in [9.17, 15) is 4.79 Å². The number of hydrogen-bond donors (Lipinski definition) is 0. The maximum Gasteiger partial charge on any atom is 0.223 e. The third-order valence-corrected chi connectivity index (χ3v) is 6.99. The molecule has 150 valence electrons. The van der Waals surface area contributed by atoms with Crippen molar-refractivity contribution in [2.24, 2.45) is 5.41 Å². The van der Waals surface area contributed by atoms with Gasteiger partial charge in [0.2, 0.25) is 5.91 Å². The number of carbonyl (C=O) groups is 1. The first-order valence-corrected chi connectivity index (χ1v) is 10.5. The van der Waals surface area contributed by atoms with Crippen LogP contribution >= 0.6 is 0 Å². The zero-order valence-electron chi connectivity index (χ0n) is 17.1. The van der Waals surface area contributed by atoms with Crippen LogP contribution in [0.4, 0.5) is 0 Å². The van der Waals surface area contributed by atoms with Gasteiger partial charge in [0.25, 0.3) is 0 Å². The van der Waals surface area contributed by atoms with Crippen molar-refractivity contribution in [2.75, 3.05) is 14.2 Å². The number of benzene rings is 2. The van der Waals surface area contributed by atoms with Crippen LogP contribution in [0.25, 0.3) is 5.57 Å². The van der Waals surface area contributed by atoms with Gasteiger partial charge in [-0.15, -0.1) is 0 Å². The predicted molar refractivity (Wildman–Crippen MR) is 113 cm³/mol. The minimum Gasteiger partial charge on any atom is -0.493 e. The van der Waals surface area contributed by atoms with Gasteiger partial charge in [-0.1, -0.05) is 36.4 Å². The van der Waals surface area contributed by atoms with Crippen molar-refractivity contribution in [3.8, 4) is 11.5 Å². The highest BCUT2D eigenvalue weighted by molar-refractivity contribution is 5.87. The molecule has 2 aromatic carbocycles. The van der Waals surface area contributed by atoms with Crippen LogP contribution in [0.3, 0.4) is 0 Å². The summed E-state index contributed by atoms with van der Waals surface area (Å²) in [4.78, 5) is 15.3. The SMILES string of the molecule is COc1cc2c(cc1OC)[C@@H]1N(Cc3ccccc3)C(=O)CC[C@@]13CCCC=C23. The lowest BCUT2D eigenvalue weighted by Gasteiger charge is -2.48. The van der Waals surface area contributed by atoms with Crippen molar-refractivity contribution in [3.05, 3.63) is 65.2 Å². The van der Waals surface area contributed by atoms with Crippen LogP contribution in [-0.4, -0.2) is 25.0 Å². The quantitative estimate of drug-likeness (QED) is 0.727. The Balaban J connectivity index is 1.68. The van der Waals surface area contributed by atoms with E-state index in [1.54, 1.807) is 14.2 Å². The minimum atomic E-state index is 0.0145. The van der Waals surface area contributed by atoms with Crippen LogP contribution < -0.4 is 9.47 Å². The summed E-state index contributed by atoms with van der Waals surface area (Å²) in [6.07, 6.45) is 7.35. The fraction of sp³-hybridized carbons (Fsp3) is 0.400. The summed E-state index contributed by atoms with van der Waals surface area (Å²) in [5, 5.41) is 0. The number of piperidine rings is 1. The Morgan fingerprint density at radius 1 is 1.07 bits per heavy atom. The first-order valence-electron chi connectivity index (χ1n) is 10.5. The first kappa shape index (κ1) is 18.3. The van der Waals surface area contributed by atoms with Crippen molar-refractivity contribution in [2.45, 2.75) is 44.7 Å². The van der Waals surface area contributed by atoms with Crippen molar-refractivity contribution in [1.82, 2.24) is 4.90 Å². The third-order valence-electron chi connectivity index (χ3n) is 6.99. The average Bonchev–Trinajstić information content (AvgIpc) is 3.05. The largest absolute Gasteiger partial charge is 0.493 e. The second-order valence-electron chi connectivity index (χ2n) is 8.37. The van der Waals surface area contributed by atoms with E-state index in [0.29, 0.717) is 13.0 Å². The summed E-state index contributed by atoms with van der Waals surface area (Å²) in [5.41, 5.74) is 5.05. The second kappa shape index (κ2) is 6.94. The summed E-state index contributed by atoms with van der Waals surface area (Å²) >= 11 is 0. The smallest absolute Gasteiger partial charge is 0.223 e. The molecule has 0 unspecified atom stereocenters. The van der Waals surface area contributed by atoms with Crippen molar-refractivity contribution >= 4 is 11.5 Å². The summed E-state index contributed by atoms with van der Waals surface area (Å²) < 4.78 is 11.2. The second-order valence-corrected chi connectivity index (χ2v) is 8.37. The number of nitrogens with zero attached hydrogens (tertiary/aromatic N) is 1. The number of rotatable bonds is 4. The fourth-order valence-electron chi connectivity index (χ4n) is 5.76. The van der Waals surface area contributed by atoms with E-state index in [1.165, 1.54) is 28.7 Å². The van der Waals surface area contributed by atoms with Gasteiger partial charge < -0.3 is 14.4 Å². The molecule has 4 nitrogen and oxygen atoms in total. The van der Waals surface area contributed by atoms with Crippen LogP contribution in [-0.2, 0) is 11.3 Å². The van der Waals surface area contributed by atoms with E-state index >= 15 is 0 Å². The molecule has 0 aromatic heterocycles. The standard InChI is InChI=1S/C25H27NO3/c1-28-21-14-18-19(15-22(21)29-2)24-25(12-7-6-10-20(18)25)13-11-23(27)26(24)16-17-8-4-3-5-9-17/h3-5,8-10,14-15,24H,6-7,11-13,16H2,1-2H3/t24-,25+/m0/s1. The highest BCUT2D eigenvalue weighted by Crippen LogP contribution is 2.65. The Morgan fingerprint density at radius 2 is 1.83 bits per heavy atom. The van der Waals surface area contributed by atoms with Gasteiger partial charge in [0.15, 0.2) is 11.5 Å². The molecule has 0 radical (unpaired) electrons. The van der Waals surface area contributed by atoms with E-state index in [1.807, 2.05) is 18.2 Å². The Labute approximate surface area is 172 Å². The van der Waals surface area contributed by atoms with Gasteiger partial charge in [-0.05, 0) is 60.1 Å². The maximum absolute atomic E-state index is 13.2. The lowest BCUT2D eigenvalue weighted by molar-refractivity contribution is -0.142. The number of likely N-dealkylation sites (tertiary alicyclic amines) is 1. The monoisotopic (exact) mass is 389 g/mol. The van der Waals surface area contributed by atoms with E-state index in [0.717, 1.165) is 30.8 Å². The Morgan fingerprint density at radius 3 is 2.59 bits per heavy atom. The molecule has 3 aliphatic rings. The normalized spacial score (nSPS) is 25.0. The van der Waals surface area contributed by atoms with Crippen LogP contribution in [0.5, 0.6) is 11.5 Å². The van der Waals surface area contributed by atoms with Gasteiger partial charge in [0, 0.05) is 18.4 Å². The van der Waals surface area contributed by atoms with Gasteiger partial charge in [-0.2, -0.15) is 0 Å². The zero-order chi connectivity index (χ0) is 20.0. The molecule has 0 bridgehead atoms. The molecule has 0 N–H and O–H groups in total. The Hall–Kier alpha value is -2.75. The first-order chi connectivity index (χ1) is 14.2. The highest BCUT2D eigenvalue weighted by Gasteiger charge is 2.56. The molecular weight excluding hydrogens is 362 g/mol. The van der Waals surface area contributed by atoms with E-state index in [2.05, 4.69) is 35.2 Å². The molecule has 4 heteroatoms. The zero-order valence-corrected chi connectivity index (χ0v) is 17.1. The third kappa shape index (κ3) is 2.69. The number of ether oxygens (including phenoxy) is 2. The summed E-state index contributed by atoms with van der Waals surface area (Å²) in [5.74, 6) is 1.74. The van der Waals surface area contributed by atoms with Gasteiger partial charge in [0.05, 0.1) is 20.3 Å². The molecule has 2 atom stereocenters. The van der Waals surface area contributed by atoms with Gasteiger partial charge in [-0.25, -0.2) is 0 Å². The van der Waals surface area contributed by atoms with Gasteiger partial charge in [0.1, 0.15) is 0 Å². The maximum atomic E-state index is 13.2. The summed E-state index contributed by atoms with van der Waals surface area (Å²) in [6.45, 7) is 0.646. The summed E-state index contributed by atoms with van der Waals surface area (Å²) in [6, 6.07) is 14.6. The van der Waals surface area contributed by atoms with E-state index < -0.39 is 0 Å². The molecule has 1 amide bonds. The highest BCUT2D eigenvalue weighted by atomic mass is 16.5. The van der Waals surface area contributed by atoms with Crippen LogP contribution in [0.15, 0.2) is 48.5 Å². The molecule has 1 fully saturated rings. The van der Waals surface area contributed by atoms with Crippen molar-refractivity contribution < 1.29 is 14.3 Å². The Bertz CT molecular complexity index is 981. The van der Waals surface area contributed by atoms with Crippen LogP contribution in [0.2, 0.25) is 0 Å². The van der Waals surface area contributed by atoms with Crippen molar-refractivity contribution in [1.29, 1.82) is 0 Å². The topological polar surface area (TPSA) is 38.8 Å². The molecule has 1 spiro atoms. The Kier molecular flexibility index (Phi) is 4.38.